The average Bonchev–Trinajstić information content (AvgIpc) is 2.46. The zero-order valence-corrected chi connectivity index (χ0v) is 12.4. The highest BCUT2D eigenvalue weighted by atomic mass is 79.9. The lowest BCUT2D eigenvalue weighted by Gasteiger charge is -2.32. The van der Waals surface area contributed by atoms with Crippen LogP contribution >= 0.6 is 15.9 Å². The van der Waals surface area contributed by atoms with Gasteiger partial charge in [-0.15, -0.1) is 0 Å². The monoisotopic (exact) mass is 316 g/mol. The molecule has 2 aromatic rings. The molecule has 19 heavy (non-hydrogen) atoms. The highest BCUT2D eigenvalue weighted by Gasteiger charge is 2.17. The Bertz CT molecular complexity index is 595. The van der Waals surface area contributed by atoms with E-state index in [0.29, 0.717) is 6.54 Å². The lowest BCUT2D eigenvalue weighted by atomic mass is 9.99. The van der Waals surface area contributed by atoms with Crippen molar-refractivity contribution in [1.29, 1.82) is 0 Å². The molecule has 0 fully saturated rings. The molecule has 0 amide bonds. The van der Waals surface area contributed by atoms with Gasteiger partial charge in [0, 0.05) is 29.8 Å². The van der Waals surface area contributed by atoms with Gasteiger partial charge in [0.1, 0.15) is 0 Å². The number of rotatable bonds is 2. The summed E-state index contributed by atoms with van der Waals surface area (Å²) in [4.78, 5) is 2.43. The predicted octanol–water partition coefficient (Wildman–Crippen LogP) is 3.47. The highest BCUT2D eigenvalue weighted by molar-refractivity contribution is 9.10. The Labute approximate surface area is 122 Å². The topological polar surface area (TPSA) is 29.3 Å². The Balaban J connectivity index is 1.93. The van der Waals surface area contributed by atoms with Crippen LogP contribution in [-0.2, 0) is 19.5 Å². The van der Waals surface area contributed by atoms with E-state index in [1.54, 1.807) is 0 Å². The van der Waals surface area contributed by atoms with E-state index in [-0.39, 0.29) is 0 Å². The van der Waals surface area contributed by atoms with Crippen LogP contribution in [0.25, 0.3) is 0 Å². The first-order valence-electron chi connectivity index (χ1n) is 6.58. The molecule has 1 aliphatic rings. The standard InChI is InChI=1S/C16H17BrN2/c17-15-5-6-16(14(9-15)10-18)19-8-7-12-3-1-2-4-13(12)11-19/h1-6,9H,7-8,10-11,18H2. The van der Waals surface area contributed by atoms with Crippen molar-refractivity contribution in [1.82, 2.24) is 0 Å². The van der Waals surface area contributed by atoms with E-state index in [2.05, 4.69) is 63.3 Å². The smallest absolute Gasteiger partial charge is 0.0432 e. The zero-order valence-electron chi connectivity index (χ0n) is 10.8. The summed E-state index contributed by atoms with van der Waals surface area (Å²) in [6.45, 7) is 2.61. The summed E-state index contributed by atoms with van der Waals surface area (Å²) in [7, 11) is 0. The van der Waals surface area contributed by atoms with Gasteiger partial charge < -0.3 is 10.6 Å². The van der Waals surface area contributed by atoms with Gasteiger partial charge in [0.15, 0.2) is 0 Å². The molecule has 1 aliphatic heterocycles. The van der Waals surface area contributed by atoms with Gasteiger partial charge in [0.25, 0.3) is 0 Å². The lowest BCUT2D eigenvalue weighted by Crippen LogP contribution is -2.31. The molecule has 0 atom stereocenters. The van der Waals surface area contributed by atoms with Crippen LogP contribution in [0.15, 0.2) is 46.9 Å². The largest absolute Gasteiger partial charge is 0.367 e. The van der Waals surface area contributed by atoms with E-state index in [1.807, 2.05) is 0 Å². The van der Waals surface area contributed by atoms with Crippen molar-refractivity contribution in [2.24, 2.45) is 5.73 Å². The minimum Gasteiger partial charge on any atom is -0.367 e. The number of nitrogens with zero attached hydrogens (tertiary/aromatic N) is 1. The number of fused-ring (bicyclic) bond motifs is 1. The summed E-state index contributed by atoms with van der Waals surface area (Å²) in [5.74, 6) is 0. The fourth-order valence-corrected chi connectivity index (χ4v) is 3.14. The van der Waals surface area contributed by atoms with Crippen LogP contribution < -0.4 is 10.6 Å². The summed E-state index contributed by atoms with van der Waals surface area (Å²) in [6.07, 6.45) is 1.11. The Morgan fingerprint density at radius 2 is 1.89 bits per heavy atom. The van der Waals surface area contributed by atoms with Crippen molar-refractivity contribution in [2.75, 3.05) is 11.4 Å². The minimum absolute atomic E-state index is 0.576. The minimum atomic E-state index is 0.576. The summed E-state index contributed by atoms with van der Waals surface area (Å²) in [5.41, 5.74) is 11.2. The molecule has 3 heteroatoms. The second-order valence-electron chi connectivity index (χ2n) is 4.92. The maximum absolute atomic E-state index is 5.87. The fraction of sp³-hybridized carbons (Fsp3) is 0.250. The quantitative estimate of drug-likeness (QED) is 0.919. The van der Waals surface area contributed by atoms with Gasteiger partial charge in [-0.2, -0.15) is 0 Å². The van der Waals surface area contributed by atoms with Crippen molar-refractivity contribution in [3.05, 3.63) is 63.6 Å². The first kappa shape index (κ1) is 12.7. The molecule has 0 spiro atoms. The van der Waals surface area contributed by atoms with Gasteiger partial charge in [0.05, 0.1) is 0 Å². The normalized spacial score (nSPS) is 14.3. The van der Waals surface area contributed by atoms with Crippen LogP contribution in [0.1, 0.15) is 16.7 Å². The predicted molar refractivity (Wildman–Crippen MR) is 83.2 cm³/mol. The molecule has 0 aliphatic carbocycles. The van der Waals surface area contributed by atoms with Gasteiger partial charge >= 0.3 is 0 Å². The SMILES string of the molecule is NCc1cc(Br)ccc1N1CCc2ccccc2C1. The van der Waals surface area contributed by atoms with Crippen LogP contribution in [0.4, 0.5) is 5.69 Å². The lowest BCUT2D eigenvalue weighted by molar-refractivity contribution is 0.727. The van der Waals surface area contributed by atoms with Gasteiger partial charge in [-0.25, -0.2) is 0 Å². The Kier molecular flexibility index (Phi) is 3.58. The molecule has 0 saturated heterocycles. The van der Waals surface area contributed by atoms with Crippen molar-refractivity contribution >= 4 is 21.6 Å². The summed E-state index contributed by atoms with van der Waals surface area (Å²) in [5, 5.41) is 0. The van der Waals surface area contributed by atoms with Crippen LogP contribution in [-0.4, -0.2) is 6.54 Å². The maximum atomic E-state index is 5.87. The van der Waals surface area contributed by atoms with Gasteiger partial charge in [0.2, 0.25) is 0 Å². The third-order valence-corrected chi connectivity index (χ3v) is 4.23. The van der Waals surface area contributed by atoms with E-state index < -0.39 is 0 Å². The number of anilines is 1. The molecule has 98 valence electrons. The fourth-order valence-electron chi connectivity index (χ4n) is 2.73. The Morgan fingerprint density at radius 3 is 2.68 bits per heavy atom. The molecule has 0 aromatic heterocycles. The van der Waals surface area contributed by atoms with Crippen LogP contribution in [0.2, 0.25) is 0 Å². The highest BCUT2D eigenvalue weighted by Crippen LogP contribution is 2.29. The molecule has 2 N–H and O–H groups in total. The van der Waals surface area contributed by atoms with E-state index in [4.69, 9.17) is 5.73 Å². The molecular formula is C16H17BrN2. The van der Waals surface area contributed by atoms with Crippen LogP contribution in [0.3, 0.4) is 0 Å². The third kappa shape index (κ3) is 2.53. The van der Waals surface area contributed by atoms with Gasteiger partial charge in [-0.3, -0.25) is 0 Å². The third-order valence-electron chi connectivity index (χ3n) is 3.73. The van der Waals surface area contributed by atoms with E-state index in [1.165, 1.54) is 22.4 Å². The van der Waals surface area contributed by atoms with Crippen LogP contribution in [0.5, 0.6) is 0 Å². The Morgan fingerprint density at radius 1 is 1.11 bits per heavy atom. The number of nitrogens with two attached hydrogens (primary N) is 1. The maximum Gasteiger partial charge on any atom is 0.0432 e. The number of hydrogen-bond donors (Lipinski definition) is 1. The van der Waals surface area contributed by atoms with Crippen molar-refractivity contribution in [3.63, 3.8) is 0 Å². The molecule has 2 nitrogen and oxygen atoms in total. The molecule has 0 bridgehead atoms. The molecular weight excluding hydrogens is 300 g/mol. The molecule has 1 heterocycles. The average molecular weight is 317 g/mol. The summed E-state index contributed by atoms with van der Waals surface area (Å²) < 4.78 is 1.09. The van der Waals surface area contributed by atoms with Gasteiger partial charge in [-0.05, 0) is 41.3 Å². The van der Waals surface area contributed by atoms with Crippen molar-refractivity contribution in [3.8, 4) is 0 Å². The van der Waals surface area contributed by atoms with Crippen molar-refractivity contribution < 1.29 is 0 Å². The molecule has 0 unspecified atom stereocenters. The van der Waals surface area contributed by atoms with E-state index >= 15 is 0 Å². The number of benzene rings is 2. The molecule has 0 saturated carbocycles. The summed E-state index contributed by atoms with van der Waals surface area (Å²) >= 11 is 3.51. The zero-order chi connectivity index (χ0) is 13.2. The number of halogens is 1. The van der Waals surface area contributed by atoms with Crippen LogP contribution in [0, 0.1) is 0 Å². The second kappa shape index (κ2) is 5.35. The van der Waals surface area contributed by atoms with Gasteiger partial charge in [-0.1, -0.05) is 40.2 Å². The van der Waals surface area contributed by atoms with Crippen molar-refractivity contribution in [2.45, 2.75) is 19.5 Å². The number of hydrogen-bond acceptors (Lipinski definition) is 2. The second-order valence-corrected chi connectivity index (χ2v) is 5.83. The molecule has 2 aromatic carbocycles. The van der Waals surface area contributed by atoms with E-state index in [9.17, 15) is 0 Å². The summed E-state index contributed by atoms with van der Waals surface area (Å²) in [6, 6.07) is 15.1. The van der Waals surface area contributed by atoms with E-state index in [0.717, 1.165) is 24.0 Å². The molecule has 0 radical (unpaired) electrons. The first-order valence-corrected chi connectivity index (χ1v) is 7.37. The Hall–Kier alpha value is -1.32. The molecule has 3 rings (SSSR count). The first-order chi connectivity index (χ1) is 9.28.